The highest BCUT2D eigenvalue weighted by atomic mass is 35.5. The number of aromatic nitrogens is 1. The van der Waals surface area contributed by atoms with E-state index in [9.17, 15) is 0 Å². The van der Waals surface area contributed by atoms with Gasteiger partial charge in [0, 0.05) is 16.1 Å². The van der Waals surface area contributed by atoms with Crippen LogP contribution in [0, 0.1) is 6.92 Å². The first-order valence-corrected chi connectivity index (χ1v) is 6.61. The third kappa shape index (κ3) is 2.17. The SMILES string of the molecule is Cc1cccc(-c2noc(N)c2-c2ccccc2Cl)c1. The molecule has 3 rings (SSSR count). The minimum atomic E-state index is 0.273. The zero-order valence-electron chi connectivity index (χ0n) is 10.9. The third-order valence-corrected chi connectivity index (χ3v) is 3.48. The number of nitrogens with two attached hydrogens (primary N) is 1. The Labute approximate surface area is 122 Å². The molecule has 0 radical (unpaired) electrons. The highest BCUT2D eigenvalue weighted by Crippen LogP contribution is 2.39. The number of benzene rings is 2. The number of nitrogen functional groups attached to an aromatic ring is 1. The van der Waals surface area contributed by atoms with Gasteiger partial charge in [0.25, 0.3) is 0 Å². The Bertz CT molecular complexity index is 765. The monoisotopic (exact) mass is 284 g/mol. The number of halogens is 1. The van der Waals surface area contributed by atoms with Gasteiger partial charge in [-0.2, -0.15) is 0 Å². The maximum Gasteiger partial charge on any atom is 0.230 e. The van der Waals surface area contributed by atoms with Crippen LogP contribution in [0.2, 0.25) is 5.02 Å². The summed E-state index contributed by atoms with van der Waals surface area (Å²) in [6, 6.07) is 15.5. The second-order valence-corrected chi connectivity index (χ2v) is 5.03. The van der Waals surface area contributed by atoms with Gasteiger partial charge in [-0.05, 0) is 19.1 Å². The lowest BCUT2D eigenvalue weighted by Crippen LogP contribution is -1.89. The van der Waals surface area contributed by atoms with Gasteiger partial charge in [0.1, 0.15) is 5.69 Å². The topological polar surface area (TPSA) is 52.0 Å². The van der Waals surface area contributed by atoms with Crippen molar-refractivity contribution < 1.29 is 4.52 Å². The van der Waals surface area contributed by atoms with Crippen LogP contribution in [-0.2, 0) is 0 Å². The normalized spacial score (nSPS) is 10.7. The minimum absolute atomic E-state index is 0.273. The van der Waals surface area contributed by atoms with Crippen LogP contribution in [0.25, 0.3) is 22.4 Å². The molecule has 0 fully saturated rings. The van der Waals surface area contributed by atoms with Crippen molar-refractivity contribution >= 4 is 17.5 Å². The van der Waals surface area contributed by atoms with E-state index in [0.717, 1.165) is 22.3 Å². The third-order valence-electron chi connectivity index (χ3n) is 3.15. The molecule has 1 aromatic heterocycles. The fourth-order valence-electron chi connectivity index (χ4n) is 2.22. The van der Waals surface area contributed by atoms with Crippen LogP contribution in [-0.4, -0.2) is 5.16 Å². The van der Waals surface area contributed by atoms with Gasteiger partial charge >= 0.3 is 0 Å². The van der Waals surface area contributed by atoms with Crippen LogP contribution in [0.3, 0.4) is 0 Å². The summed E-state index contributed by atoms with van der Waals surface area (Å²) in [4.78, 5) is 0. The number of nitrogens with zero attached hydrogens (tertiary/aromatic N) is 1. The second kappa shape index (κ2) is 5.02. The molecule has 3 nitrogen and oxygen atoms in total. The Hall–Kier alpha value is -2.26. The Morgan fingerprint density at radius 1 is 1.10 bits per heavy atom. The number of anilines is 1. The van der Waals surface area contributed by atoms with Gasteiger partial charge in [-0.15, -0.1) is 0 Å². The van der Waals surface area contributed by atoms with Gasteiger partial charge < -0.3 is 10.3 Å². The molecule has 3 aromatic rings. The highest BCUT2D eigenvalue weighted by molar-refractivity contribution is 6.33. The van der Waals surface area contributed by atoms with Gasteiger partial charge in [0.05, 0.1) is 5.56 Å². The number of aryl methyl sites for hydroxylation is 1. The molecule has 0 aliphatic heterocycles. The minimum Gasteiger partial charge on any atom is -0.367 e. The first-order valence-electron chi connectivity index (χ1n) is 6.24. The Morgan fingerprint density at radius 3 is 2.65 bits per heavy atom. The predicted octanol–water partition coefficient (Wildman–Crippen LogP) is 4.55. The van der Waals surface area contributed by atoms with Crippen molar-refractivity contribution in [3.05, 3.63) is 59.1 Å². The average Bonchev–Trinajstić information content (AvgIpc) is 2.81. The van der Waals surface area contributed by atoms with E-state index in [2.05, 4.69) is 5.16 Å². The summed E-state index contributed by atoms with van der Waals surface area (Å²) in [5.41, 5.74) is 10.3. The summed E-state index contributed by atoms with van der Waals surface area (Å²) in [5.74, 6) is 0.273. The lowest BCUT2D eigenvalue weighted by atomic mass is 10.00. The van der Waals surface area contributed by atoms with Crippen LogP contribution < -0.4 is 5.73 Å². The summed E-state index contributed by atoms with van der Waals surface area (Å²) in [7, 11) is 0. The quantitative estimate of drug-likeness (QED) is 0.751. The van der Waals surface area contributed by atoms with Crippen molar-refractivity contribution in [3.63, 3.8) is 0 Å². The Morgan fingerprint density at radius 2 is 1.90 bits per heavy atom. The number of rotatable bonds is 2. The smallest absolute Gasteiger partial charge is 0.230 e. The van der Waals surface area contributed by atoms with E-state index >= 15 is 0 Å². The molecular formula is C16H13ClN2O. The molecule has 100 valence electrons. The maximum absolute atomic E-state index is 6.25. The summed E-state index contributed by atoms with van der Waals surface area (Å²) < 4.78 is 5.17. The molecule has 0 amide bonds. The molecule has 0 aliphatic carbocycles. The van der Waals surface area contributed by atoms with Crippen molar-refractivity contribution in [2.75, 3.05) is 5.73 Å². The molecule has 0 bridgehead atoms. The van der Waals surface area contributed by atoms with Crippen LogP contribution in [0.4, 0.5) is 5.88 Å². The van der Waals surface area contributed by atoms with Crippen molar-refractivity contribution in [3.8, 4) is 22.4 Å². The van der Waals surface area contributed by atoms with Gasteiger partial charge in [0.2, 0.25) is 5.88 Å². The van der Waals surface area contributed by atoms with E-state index in [1.807, 2.05) is 55.5 Å². The molecule has 20 heavy (non-hydrogen) atoms. The lowest BCUT2D eigenvalue weighted by Gasteiger charge is -2.05. The molecular weight excluding hydrogens is 272 g/mol. The van der Waals surface area contributed by atoms with E-state index in [-0.39, 0.29) is 5.88 Å². The highest BCUT2D eigenvalue weighted by Gasteiger charge is 2.19. The van der Waals surface area contributed by atoms with E-state index in [1.54, 1.807) is 0 Å². The Kier molecular flexibility index (Phi) is 3.20. The van der Waals surface area contributed by atoms with Crippen LogP contribution in [0.1, 0.15) is 5.56 Å². The van der Waals surface area contributed by atoms with E-state index < -0.39 is 0 Å². The van der Waals surface area contributed by atoms with Gasteiger partial charge in [-0.25, -0.2) is 0 Å². The fourth-order valence-corrected chi connectivity index (χ4v) is 2.45. The summed E-state index contributed by atoms with van der Waals surface area (Å²) in [5, 5.41) is 4.71. The number of hydrogen-bond donors (Lipinski definition) is 1. The van der Waals surface area contributed by atoms with Crippen LogP contribution >= 0.6 is 11.6 Å². The molecule has 0 saturated heterocycles. The van der Waals surface area contributed by atoms with Gasteiger partial charge in [0.15, 0.2) is 0 Å². The van der Waals surface area contributed by atoms with Crippen LogP contribution in [0.5, 0.6) is 0 Å². The Balaban J connectivity index is 2.23. The van der Waals surface area contributed by atoms with Gasteiger partial charge in [-0.3, -0.25) is 0 Å². The lowest BCUT2D eigenvalue weighted by molar-refractivity contribution is 0.439. The summed E-state index contributed by atoms with van der Waals surface area (Å²) >= 11 is 6.25. The maximum atomic E-state index is 6.25. The second-order valence-electron chi connectivity index (χ2n) is 4.62. The first kappa shape index (κ1) is 12.8. The summed E-state index contributed by atoms with van der Waals surface area (Å²) in [6.07, 6.45) is 0. The number of hydrogen-bond acceptors (Lipinski definition) is 3. The standard InChI is InChI=1S/C16H13ClN2O/c1-10-5-4-6-11(9-10)15-14(16(18)20-19-15)12-7-2-3-8-13(12)17/h2-9H,18H2,1H3. The molecule has 4 heteroatoms. The molecule has 2 aromatic carbocycles. The van der Waals surface area contributed by atoms with E-state index in [4.69, 9.17) is 21.9 Å². The molecule has 2 N–H and O–H groups in total. The molecule has 1 heterocycles. The molecule has 0 spiro atoms. The zero-order valence-corrected chi connectivity index (χ0v) is 11.7. The van der Waals surface area contributed by atoms with Crippen molar-refractivity contribution in [2.45, 2.75) is 6.92 Å². The molecule has 0 aliphatic rings. The van der Waals surface area contributed by atoms with Gasteiger partial charge in [-0.1, -0.05) is 58.7 Å². The largest absolute Gasteiger partial charge is 0.367 e. The van der Waals surface area contributed by atoms with E-state index in [0.29, 0.717) is 10.7 Å². The molecule has 0 unspecified atom stereocenters. The van der Waals surface area contributed by atoms with E-state index in [1.165, 1.54) is 0 Å². The summed E-state index contributed by atoms with van der Waals surface area (Å²) in [6.45, 7) is 2.03. The zero-order chi connectivity index (χ0) is 14.1. The van der Waals surface area contributed by atoms with Crippen molar-refractivity contribution in [1.82, 2.24) is 5.16 Å². The molecule has 0 atom stereocenters. The van der Waals surface area contributed by atoms with Crippen molar-refractivity contribution in [1.29, 1.82) is 0 Å². The van der Waals surface area contributed by atoms with Crippen molar-refractivity contribution in [2.24, 2.45) is 0 Å². The predicted molar refractivity (Wildman–Crippen MR) is 81.5 cm³/mol. The molecule has 0 saturated carbocycles. The first-order chi connectivity index (χ1) is 9.66. The average molecular weight is 285 g/mol. The fraction of sp³-hybridized carbons (Fsp3) is 0.0625. The van der Waals surface area contributed by atoms with Crippen LogP contribution in [0.15, 0.2) is 53.1 Å².